The average molecular weight is 363 g/mol. The summed E-state index contributed by atoms with van der Waals surface area (Å²) in [6, 6.07) is 0. The van der Waals surface area contributed by atoms with Crippen molar-refractivity contribution in [2.24, 2.45) is 23.2 Å². The summed E-state index contributed by atoms with van der Waals surface area (Å²) in [5.74, 6) is 0.580. The third kappa shape index (κ3) is 4.57. The Bertz CT molecular complexity index is 577. The Balaban J connectivity index is 2.07. The van der Waals surface area contributed by atoms with Crippen LogP contribution < -0.4 is 0 Å². The van der Waals surface area contributed by atoms with Crippen LogP contribution >= 0.6 is 0 Å². The lowest BCUT2D eigenvalue weighted by Crippen LogP contribution is -2.48. The second kappa shape index (κ2) is 8.88. The summed E-state index contributed by atoms with van der Waals surface area (Å²) in [7, 11) is 1.50. The standard InChI is InChI=1S/C22H34O4/c1-15(12-14-26-17(3)23)8-10-19-16(2)9-11-20-18(21(24)25-5)7-6-13-22(19,20)4/h12,18-20H,2,6-11,13-14H2,1,3-5H3/t18-,19+,20+,22+/m0/s1. The highest BCUT2D eigenvalue weighted by Crippen LogP contribution is 2.58. The number of ether oxygens (including phenoxy) is 2. The van der Waals surface area contributed by atoms with E-state index < -0.39 is 0 Å². The molecule has 0 saturated heterocycles. The molecule has 4 atom stereocenters. The van der Waals surface area contributed by atoms with Gasteiger partial charge in [-0.05, 0) is 68.8 Å². The van der Waals surface area contributed by atoms with Crippen molar-refractivity contribution < 1.29 is 19.1 Å². The molecule has 0 amide bonds. The molecule has 4 nitrogen and oxygen atoms in total. The lowest BCUT2D eigenvalue weighted by molar-refractivity contribution is -0.154. The van der Waals surface area contributed by atoms with Gasteiger partial charge in [-0.2, -0.15) is 0 Å². The number of fused-ring (bicyclic) bond motifs is 1. The Hall–Kier alpha value is -1.58. The van der Waals surface area contributed by atoms with Crippen LogP contribution in [-0.4, -0.2) is 25.7 Å². The fourth-order valence-electron chi connectivity index (χ4n) is 5.24. The monoisotopic (exact) mass is 362 g/mol. The summed E-state index contributed by atoms with van der Waals surface area (Å²) in [6.07, 6.45) is 9.25. The van der Waals surface area contributed by atoms with Crippen molar-refractivity contribution in [3.63, 3.8) is 0 Å². The zero-order valence-electron chi connectivity index (χ0n) is 16.8. The maximum absolute atomic E-state index is 12.3. The van der Waals surface area contributed by atoms with E-state index in [9.17, 15) is 9.59 Å². The van der Waals surface area contributed by atoms with Crippen LogP contribution in [0.15, 0.2) is 23.8 Å². The lowest BCUT2D eigenvalue weighted by atomic mass is 9.50. The molecule has 0 radical (unpaired) electrons. The molecule has 0 spiro atoms. The molecule has 2 fully saturated rings. The van der Waals surface area contributed by atoms with Crippen molar-refractivity contribution in [3.8, 4) is 0 Å². The molecule has 0 aliphatic heterocycles. The van der Waals surface area contributed by atoms with Gasteiger partial charge in [0.25, 0.3) is 0 Å². The van der Waals surface area contributed by atoms with Crippen molar-refractivity contribution in [3.05, 3.63) is 23.8 Å². The topological polar surface area (TPSA) is 52.6 Å². The van der Waals surface area contributed by atoms with Gasteiger partial charge >= 0.3 is 11.9 Å². The zero-order valence-corrected chi connectivity index (χ0v) is 16.8. The van der Waals surface area contributed by atoms with Crippen LogP contribution in [0.25, 0.3) is 0 Å². The number of hydrogen-bond donors (Lipinski definition) is 0. The molecule has 0 aromatic carbocycles. The molecule has 4 heteroatoms. The molecular formula is C22H34O4. The normalized spacial score (nSPS) is 31.9. The minimum Gasteiger partial charge on any atom is -0.469 e. The number of rotatable bonds is 6. The molecule has 0 bridgehead atoms. The second-order valence-corrected chi connectivity index (χ2v) is 8.28. The number of carbonyl (C=O) groups is 2. The molecule has 146 valence electrons. The van der Waals surface area contributed by atoms with Gasteiger partial charge in [-0.15, -0.1) is 0 Å². The van der Waals surface area contributed by atoms with Crippen molar-refractivity contribution in [2.75, 3.05) is 13.7 Å². The van der Waals surface area contributed by atoms with Crippen LogP contribution in [0, 0.1) is 23.2 Å². The number of hydrogen-bond acceptors (Lipinski definition) is 4. The zero-order chi connectivity index (χ0) is 19.3. The maximum Gasteiger partial charge on any atom is 0.308 e. The minimum atomic E-state index is -0.249. The van der Waals surface area contributed by atoms with Crippen LogP contribution in [0.2, 0.25) is 0 Å². The number of allylic oxidation sites excluding steroid dienone is 2. The predicted molar refractivity (Wildman–Crippen MR) is 102 cm³/mol. The average Bonchev–Trinajstić information content (AvgIpc) is 2.59. The van der Waals surface area contributed by atoms with E-state index in [0.29, 0.717) is 18.4 Å². The molecule has 2 aliphatic carbocycles. The lowest BCUT2D eigenvalue weighted by Gasteiger charge is -2.54. The summed E-state index contributed by atoms with van der Waals surface area (Å²) >= 11 is 0. The van der Waals surface area contributed by atoms with E-state index in [1.807, 2.05) is 6.08 Å². The molecular weight excluding hydrogens is 328 g/mol. The third-order valence-corrected chi connectivity index (χ3v) is 6.68. The number of methoxy groups -OCH3 is 1. The summed E-state index contributed by atoms with van der Waals surface area (Å²) in [6.45, 7) is 10.6. The van der Waals surface area contributed by atoms with Gasteiger partial charge in [0.1, 0.15) is 6.61 Å². The highest BCUT2D eigenvalue weighted by atomic mass is 16.5. The maximum atomic E-state index is 12.3. The van der Waals surface area contributed by atoms with Crippen LogP contribution in [-0.2, 0) is 19.1 Å². The van der Waals surface area contributed by atoms with Gasteiger partial charge in [0.2, 0.25) is 0 Å². The fourth-order valence-corrected chi connectivity index (χ4v) is 5.24. The Kier molecular flexibility index (Phi) is 7.08. The van der Waals surface area contributed by atoms with Gasteiger partial charge in [0.05, 0.1) is 13.0 Å². The predicted octanol–water partition coefficient (Wildman–Crippen LogP) is 4.84. The molecule has 0 heterocycles. The SMILES string of the molecule is C=C1CC[C@@H]2[C@@H](C(=O)OC)CCC[C@]2(C)[C@@H]1CCC(C)=CCOC(C)=O. The van der Waals surface area contributed by atoms with Gasteiger partial charge in [0.15, 0.2) is 0 Å². The van der Waals surface area contributed by atoms with E-state index in [1.165, 1.54) is 25.2 Å². The second-order valence-electron chi connectivity index (χ2n) is 8.28. The largest absolute Gasteiger partial charge is 0.469 e. The van der Waals surface area contributed by atoms with Crippen molar-refractivity contribution in [1.29, 1.82) is 0 Å². The first-order chi connectivity index (χ1) is 12.3. The van der Waals surface area contributed by atoms with Gasteiger partial charge < -0.3 is 9.47 Å². The highest BCUT2D eigenvalue weighted by Gasteiger charge is 2.51. The summed E-state index contributed by atoms with van der Waals surface area (Å²) < 4.78 is 10.1. The smallest absolute Gasteiger partial charge is 0.308 e. The highest BCUT2D eigenvalue weighted by molar-refractivity contribution is 5.73. The first-order valence-electron chi connectivity index (χ1n) is 9.84. The molecule has 2 aliphatic rings. The van der Waals surface area contributed by atoms with Crippen molar-refractivity contribution >= 4 is 11.9 Å². The molecule has 2 rings (SSSR count). The van der Waals surface area contributed by atoms with Gasteiger partial charge in [0, 0.05) is 6.92 Å². The third-order valence-electron chi connectivity index (χ3n) is 6.68. The van der Waals surface area contributed by atoms with Crippen molar-refractivity contribution in [1.82, 2.24) is 0 Å². The van der Waals surface area contributed by atoms with E-state index in [0.717, 1.165) is 44.9 Å². The summed E-state index contributed by atoms with van der Waals surface area (Å²) in [5.41, 5.74) is 2.70. The minimum absolute atomic E-state index is 0.0370. The van der Waals surface area contributed by atoms with Crippen LogP contribution in [0.4, 0.5) is 0 Å². The van der Waals surface area contributed by atoms with E-state index in [2.05, 4.69) is 20.4 Å². The molecule has 0 aromatic heterocycles. The van der Waals surface area contributed by atoms with E-state index in [-0.39, 0.29) is 23.3 Å². The Morgan fingerprint density at radius 3 is 2.69 bits per heavy atom. The molecule has 2 saturated carbocycles. The molecule has 0 unspecified atom stereocenters. The number of carbonyl (C=O) groups excluding carboxylic acids is 2. The molecule has 0 N–H and O–H groups in total. The van der Waals surface area contributed by atoms with E-state index >= 15 is 0 Å². The quantitative estimate of drug-likeness (QED) is 0.501. The van der Waals surface area contributed by atoms with Gasteiger partial charge in [-0.25, -0.2) is 0 Å². The Labute approximate surface area is 158 Å². The van der Waals surface area contributed by atoms with Crippen molar-refractivity contribution in [2.45, 2.75) is 65.7 Å². The van der Waals surface area contributed by atoms with E-state index in [4.69, 9.17) is 9.47 Å². The number of esters is 2. The van der Waals surface area contributed by atoms with Crippen LogP contribution in [0.3, 0.4) is 0 Å². The van der Waals surface area contributed by atoms with Gasteiger partial charge in [-0.1, -0.05) is 31.1 Å². The summed E-state index contributed by atoms with van der Waals surface area (Å²) in [4.78, 5) is 23.2. The Morgan fingerprint density at radius 1 is 1.31 bits per heavy atom. The summed E-state index contributed by atoms with van der Waals surface area (Å²) in [5, 5.41) is 0. The van der Waals surface area contributed by atoms with E-state index in [1.54, 1.807) is 0 Å². The molecule has 0 aromatic rings. The van der Waals surface area contributed by atoms with Crippen LogP contribution in [0.5, 0.6) is 0 Å². The Morgan fingerprint density at radius 2 is 2.04 bits per heavy atom. The van der Waals surface area contributed by atoms with Crippen LogP contribution in [0.1, 0.15) is 65.7 Å². The molecule has 26 heavy (non-hydrogen) atoms. The van der Waals surface area contributed by atoms with Gasteiger partial charge in [-0.3, -0.25) is 9.59 Å². The first kappa shape index (κ1) is 20.7. The first-order valence-corrected chi connectivity index (χ1v) is 9.84. The fraction of sp³-hybridized carbons (Fsp3) is 0.727.